The molecule has 0 bridgehead atoms. The maximum absolute atomic E-state index is 13.2. The molecule has 1 aromatic heterocycles. The van der Waals surface area contributed by atoms with Crippen molar-refractivity contribution in [2.75, 3.05) is 5.32 Å². The van der Waals surface area contributed by atoms with Crippen LogP contribution in [0.3, 0.4) is 0 Å². The van der Waals surface area contributed by atoms with Gasteiger partial charge in [0, 0.05) is 24.6 Å². The zero-order chi connectivity index (χ0) is 12.3. The molecule has 17 heavy (non-hydrogen) atoms. The van der Waals surface area contributed by atoms with Crippen molar-refractivity contribution in [3.63, 3.8) is 0 Å². The third kappa shape index (κ3) is 3.28. The molecule has 1 N–H and O–H groups in total. The van der Waals surface area contributed by atoms with Gasteiger partial charge in [0.05, 0.1) is 0 Å². The first-order valence-corrected chi connectivity index (χ1v) is 5.55. The molecule has 0 aliphatic heterocycles. The van der Waals surface area contributed by atoms with Gasteiger partial charge in [-0.15, -0.1) is 0 Å². The van der Waals surface area contributed by atoms with E-state index in [-0.39, 0.29) is 5.82 Å². The Hall–Kier alpha value is -1.90. The van der Waals surface area contributed by atoms with E-state index in [1.165, 1.54) is 12.1 Å². The highest BCUT2D eigenvalue weighted by molar-refractivity contribution is 5.46. The summed E-state index contributed by atoms with van der Waals surface area (Å²) in [7, 11) is 0. The second-order valence-electron chi connectivity index (χ2n) is 4.24. The zero-order valence-electron chi connectivity index (χ0n) is 10.00. The third-order valence-electron chi connectivity index (χ3n) is 2.47. The number of hydrogen-bond donors (Lipinski definition) is 1. The molecule has 1 heterocycles. The molecule has 0 atom stereocenters. The maximum Gasteiger partial charge on any atom is 0.125 e. The normalized spacial score (nSPS) is 10.3. The van der Waals surface area contributed by atoms with Crippen molar-refractivity contribution >= 4 is 5.69 Å². The van der Waals surface area contributed by atoms with Crippen molar-refractivity contribution in [2.45, 2.75) is 20.4 Å². The Labute approximate surface area is 101 Å². The summed E-state index contributed by atoms with van der Waals surface area (Å²) >= 11 is 0. The predicted octanol–water partition coefficient (Wildman–Crippen LogP) is 3.45. The van der Waals surface area contributed by atoms with Gasteiger partial charge < -0.3 is 5.32 Å². The summed E-state index contributed by atoms with van der Waals surface area (Å²) in [5.41, 5.74) is 3.92. The molecule has 0 saturated heterocycles. The van der Waals surface area contributed by atoms with E-state index in [1.54, 1.807) is 0 Å². The minimum absolute atomic E-state index is 0.213. The first-order valence-electron chi connectivity index (χ1n) is 5.55. The number of benzene rings is 1. The second-order valence-corrected chi connectivity index (χ2v) is 4.24. The zero-order valence-corrected chi connectivity index (χ0v) is 10.00. The van der Waals surface area contributed by atoms with Crippen molar-refractivity contribution in [1.82, 2.24) is 4.98 Å². The van der Waals surface area contributed by atoms with Gasteiger partial charge in [-0.1, -0.05) is 6.07 Å². The summed E-state index contributed by atoms with van der Waals surface area (Å²) in [5, 5.41) is 3.19. The van der Waals surface area contributed by atoms with Crippen LogP contribution in [0.1, 0.15) is 16.7 Å². The van der Waals surface area contributed by atoms with Crippen LogP contribution < -0.4 is 5.32 Å². The fourth-order valence-corrected chi connectivity index (χ4v) is 1.76. The summed E-state index contributed by atoms with van der Waals surface area (Å²) in [6.07, 6.45) is 3.63. The SMILES string of the molecule is Cc1cncc(CNc2cc(C)cc(F)c2)c1. The van der Waals surface area contributed by atoms with Gasteiger partial charge in [-0.2, -0.15) is 0 Å². The van der Waals surface area contributed by atoms with Crippen molar-refractivity contribution in [2.24, 2.45) is 0 Å². The van der Waals surface area contributed by atoms with Gasteiger partial charge in [-0.25, -0.2) is 4.39 Å². The Kier molecular flexibility index (Phi) is 3.38. The standard InChI is InChI=1S/C14H15FN2/c1-10-4-13(15)6-14(5-10)17-9-12-3-11(2)7-16-8-12/h3-8,17H,9H2,1-2H3. The van der Waals surface area contributed by atoms with E-state index in [4.69, 9.17) is 0 Å². The third-order valence-corrected chi connectivity index (χ3v) is 2.47. The highest BCUT2D eigenvalue weighted by Crippen LogP contribution is 2.14. The lowest BCUT2D eigenvalue weighted by Crippen LogP contribution is -2.01. The van der Waals surface area contributed by atoms with Crippen LogP contribution >= 0.6 is 0 Å². The van der Waals surface area contributed by atoms with E-state index in [0.29, 0.717) is 6.54 Å². The van der Waals surface area contributed by atoms with Gasteiger partial charge in [-0.3, -0.25) is 4.98 Å². The molecule has 0 radical (unpaired) electrons. The number of halogens is 1. The van der Waals surface area contributed by atoms with Crippen LogP contribution in [-0.2, 0) is 6.54 Å². The Morgan fingerprint density at radius 2 is 1.88 bits per heavy atom. The van der Waals surface area contributed by atoms with Crippen LogP contribution in [-0.4, -0.2) is 4.98 Å². The van der Waals surface area contributed by atoms with E-state index in [9.17, 15) is 4.39 Å². The van der Waals surface area contributed by atoms with Crippen molar-refractivity contribution in [3.05, 3.63) is 59.2 Å². The second kappa shape index (κ2) is 4.95. The molecule has 0 spiro atoms. The van der Waals surface area contributed by atoms with Crippen LogP contribution in [0.15, 0.2) is 36.7 Å². The molecule has 2 nitrogen and oxygen atoms in total. The molecule has 0 unspecified atom stereocenters. The quantitative estimate of drug-likeness (QED) is 0.873. The van der Waals surface area contributed by atoms with Gasteiger partial charge >= 0.3 is 0 Å². The van der Waals surface area contributed by atoms with E-state index >= 15 is 0 Å². The smallest absolute Gasteiger partial charge is 0.125 e. The Balaban J connectivity index is 2.07. The van der Waals surface area contributed by atoms with E-state index in [2.05, 4.69) is 16.4 Å². The lowest BCUT2D eigenvalue weighted by molar-refractivity contribution is 0.627. The Bertz CT molecular complexity index is 503. The minimum atomic E-state index is -0.213. The number of nitrogens with one attached hydrogen (secondary N) is 1. The average molecular weight is 230 g/mol. The molecule has 1 aromatic carbocycles. The maximum atomic E-state index is 13.2. The van der Waals surface area contributed by atoms with Gasteiger partial charge in [0.15, 0.2) is 0 Å². The highest BCUT2D eigenvalue weighted by atomic mass is 19.1. The first kappa shape index (κ1) is 11.6. The number of aryl methyl sites for hydroxylation is 2. The summed E-state index contributed by atoms with van der Waals surface area (Å²) in [6.45, 7) is 4.53. The first-order chi connectivity index (χ1) is 8.13. The topological polar surface area (TPSA) is 24.9 Å². The lowest BCUT2D eigenvalue weighted by Gasteiger charge is -2.08. The molecule has 0 aliphatic rings. The van der Waals surface area contributed by atoms with Crippen LogP contribution in [0.4, 0.5) is 10.1 Å². The molecule has 0 fully saturated rings. The number of hydrogen-bond acceptors (Lipinski definition) is 2. The molecule has 0 saturated carbocycles. The van der Waals surface area contributed by atoms with Crippen LogP contribution in [0, 0.1) is 19.7 Å². The number of pyridine rings is 1. The fourth-order valence-electron chi connectivity index (χ4n) is 1.76. The molecular weight excluding hydrogens is 215 g/mol. The molecule has 0 aliphatic carbocycles. The minimum Gasteiger partial charge on any atom is -0.381 e. The molecule has 2 aromatic rings. The number of nitrogens with zero attached hydrogens (tertiary/aromatic N) is 1. The summed E-state index contributed by atoms with van der Waals surface area (Å²) in [5.74, 6) is -0.213. The number of rotatable bonds is 3. The monoisotopic (exact) mass is 230 g/mol. The molecule has 2 rings (SSSR count). The van der Waals surface area contributed by atoms with Crippen molar-refractivity contribution < 1.29 is 4.39 Å². The number of aromatic nitrogens is 1. The van der Waals surface area contributed by atoms with E-state index < -0.39 is 0 Å². The van der Waals surface area contributed by atoms with E-state index in [1.807, 2.05) is 32.3 Å². The van der Waals surface area contributed by atoms with Crippen LogP contribution in [0.25, 0.3) is 0 Å². The number of anilines is 1. The summed E-state index contributed by atoms with van der Waals surface area (Å²) < 4.78 is 13.2. The van der Waals surface area contributed by atoms with E-state index in [0.717, 1.165) is 22.4 Å². The van der Waals surface area contributed by atoms with Gasteiger partial charge in [0.25, 0.3) is 0 Å². The predicted molar refractivity (Wildman–Crippen MR) is 67.4 cm³/mol. The molecular formula is C14H15FN2. The van der Waals surface area contributed by atoms with Gasteiger partial charge in [0.1, 0.15) is 5.82 Å². The van der Waals surface area contributed by atoms with Crippen LogP contribution in [0.5, 0.6) is 0 Å². The lowest BCUT2D eigenvalue weighted by atomic mass is 10.2. The van der Waals surface area contributed by atoms with Crippen molar-refractivity contribution in [1.29, 1.82) is 0 Å². The Morgan fingerprint density at radius 1 is 1.06 bits per heavy atom. The van der Waals surface area contributed by atoms with Gasteiger partial charge in [-0.05, 0) is 48.7 Å². The largest absolute Gasteiger partial charge is 0.381 e. The Morgan fingerprint density at radius 3 is 2.59 bits per heavy atom. The fraction of sp³-hybridized carbons (Fsp3) is 0.214. The van der Waals surface area contributed by atoms with Gasteiger partial charge in [0.2, 0.25) is 0 Å². The molecule has 3 heteroatoms. The highest BCUT2D eigenvalue weighted by Gasteiger charge is 1.98. The molecule has 0 amide bonds. The summed E-state index contributed by atoms with van der Waals surface area (Å²) in [4.78, 5) is 4.12. The van der Waals surface area contributed by atoms with Crippen molar-refractivity contribution in [3.8, 4) is 0 Å². The average Bonchev–Trinajstić information content (AvgIpc) is 2.25. The summed E-state index contributed by atoms with van der Waals surface area (Å²) in [6, 6.07) is 6.99. The molecule has 88 valence electrons. The van der Waals surface area contributed by atoms with Crippen LogP contribution in [0.2, 0.25) is 0 Å².